The van der Waals surface area contributed by atoms with Gasteiger partial charge in [-0.2, -0.15) is 0 Å². The fraction of sp³-hybridized carbons (Fsp3) is 0.476. The van der Waals surface area contributed by atoms with Crippen LogP contribution in [0.15, 0.2) is 42.5 Å². The Bertz CT molecular complexity index is 611. The summed E-state index contributed by atoms with van der Waals surface area (Å²) in [6, 6.07) is 14.8. The summed E-state index contributed by atoms with van der Waals surface area (Å²) in [7, 11) is 0. The van der Waals surface area contributed by atoms with E-state index >= 15 is 0 Å². The van der Waals surface area contributed by atoms with Crippen LogP contribution in [0.5, 0.6) is 0 Å². The summed E-state index contributed by atoms with van der Waals surface area (Å²) < 4.78 is 0. The minimum absolute atomic E-state index is 0.400. The first-order chi connectivity index (χ1) is 11.2. The second-order valence-electron chi connectivity index (χ2n) is 6.16. The Balaban J connectivity index is 1.76. The quantitative estimate of drug-likeness (QED) is 0.584. The lowest BCUT2D eigenvalue weighted by atomic mass is 9.99. The average molecular weight is 311 g/mol. The van der Waals surface area contributed by atoms with E-state index in [0.29, 0.717) is 12.2 Å². The highest BCUT2D eigenvalue weighted by molar-refractivity contribution is 5.86. The zero-order valence-corrected chi connectivity index (χ0v) is 14.6. The number of aryl methyl sites for hydroxylation is 1. The molecule has 0 unspecified atom stereocenters. The molecule has 0 aliphatic carbocycles. The fourth-order valence-electron chi connectivity index (χ4n) is 3.11. The van der Waals surface area contributed by atoms with E-state index in [1.807, 2.05) is 0 Å². The molecular weight excluding hydrogens is 282 g/mol. The van der Waals surface area contributed by atoms with Gasteiger partial charge in [0, 0.05) is 12.8 Å². The average Bonchev–Trinajstić information content (AvgIpc) is 2.60. The van der Waals surface area contributed by atoms with Crippen molar-refractivity contribution in [3.05, 3.63) is 48.0 Å². The van der Waals surface area contributed by atoms with E-state index in [9.17, 15) is 4.79 Å². The van der Waals surface area contributed by atoms with E-state index in [-0.39, 0.29) is 0 Å². The number of hydrogen-bond donors (Lipinski definition) is 0. The molecular formula is C21H29NO. The Kier molecular flexibility index (Phi) is 7.28. The van der Waals surface area contributed by atoms with Crippen molar-refractivity contribution >= 4 is 16.6 Å². The Morgan fingerprint density at radius 3 is 2.43 bits per heavy atom. The number of carbonyl (C=O) groups is 1. The normalized spacial score (nSPS) is 11.3. The molecule has 0 aliphatic heterocycles. The molecule has 0 radical (unpaired) electrons. The topological polar surface area (TPSA) is 20.3 Å². The van der Waals surface area contributed by atoms with Gasteiger partial charge in [-0.05, 0) is 55.2 Å². The second-order valence-corrected chi connectivity index (χ2v) is 6.16. The number of rotatable bonds is 10. The summed E-state index contributed by atoms with van der Waals surface area (Å²) in [5.74, 6) is 0.400. The van der Waals surface area contributed by atoms with Crippen LogP contribution in [0.25, 0.3) is 10.8 Å². The summed E-state index contributed by atoms with van der Waals surface area (Å²) in [5, 5.41) is 2.54. The molecule has 0 spiro atoms. The lowest BCUT2D eigenvalue weighted by Crippen LogP contribution is -2.24. The molecule has 0 N–H and O–H groups in total. The Hall–Kier alpha value is -1.67. The maximum absolute atomic E-state index is 12.1. The minimum atomic E-state index is 0.400. The predicted molar refractivity (Wildman–Crippen MR) is 98.9 cm³/mol. The van der Waals surface area contributed by atoms with Crippen LogP contribution in [0.2, 0.25) is 0 Å². The zero-order valence-electron chi connectivity index (χ0n) is 14.6. The molecule has 2 aromatic rings. The SMILES string of the molecule is CCN(CC)CCCCC(=O)CCc1cccc2ccccc12. The number of nitrogens with zero attached hydrogens (tertiary/aromatic N) is 1. The van der Waals surface area contributed by atoms with E-state index < -0.39 is 0 Å². The van der Waals surface area contributed by atoms with Crippen molar-refractivity contribution in [2.45, 2.75) is 46.0 Å². The molecule has 2 nitrogen and oxygen atoms in total. The molecule has 0 bridgehead atoms. The Morgan fingerprint density at radius 2 is 1.65 bits per heavy atom. The number of ketones is 1. The number of hydrogen-bond acceptors (Lipinski definition) is 2. The van der Waals surface area contributed by atoms with Crippen molar-refractivity contribution in [1.82, 2.24) is 4.90 Å². The van der Waals surface area contributed by atoms with Crippen LogP contribution >= 0.6 is 0 Å². The van der Waals surface area contributed by atoms with Crippen molar-refractivity contribution in [2.24, 2.45) is 0 Å². The monoisotopic (exact) mass is 311 g/mol. The third-order valence-electron chi connectivity index (χ3n) is 4.63. The number of fused-ring (bicyclic) bond motifs is 1. The van der Waals surface area contributed by atoms with Crippen LogP contribution in [-0.4, -0.2) is 30.3 Å². The van der Waals surface area contributed by atoms with Gasteiger partial charge in [0.2, 0.25) is 0 Å². The van der Waals surface area contributed by atoms with Gasteiger partial charge in [-0.3, -0.25) is 4.79 Å². The van der Waals surface area contributed by atoms with Crippen molar-refractivity contribution in [1.29, 1.82) is 0 Å². The third-order valence-corrected chi connectivity index (χ3v) is 4.63. The molecule has 124 valence electrons. The molecule has 0 heterocycles. The van der Waals surface area contributed by atoms with Crippen molar-refractivity contribution in [3.63, 3.8) is 0 Å². The molecule has 2 aromatic carbocycles. The van der Waals surface area contributed by atoms with Gasteiger partial charge in [0.15, 0.2) is 0 Å². The highest BCUT2D eigenvalue weighted by Gasteiger charge is 2.06. The number of Topliss-reactive ketones (excluding diaryl/α,β-unsaturated/α-hetero) is 1. The van der Waals surface area contributed by atoms with Gasteiger partial charge in [-0.15, -0.1) is 0 Å². The lowest BCUT2D eigenvalue weighted by Gasteiger charge is -2.17. The first-order valence-electron chi connectivity index (χ1n) is 8.95. The summed E-state index contributed by atoms with van der Waals surface area (Å²) in [6.07, 6.45) is 4.40. The second kappa shape index (κ2) is 9.46. The van der Waals surface area contributed by atoms with Crippen molar-refractivity contribution in [2.75, 3.05) is 19.6 Å². The van der Waals surface area contributed by atoms with Crippen LogP contribution < -0.4 is 0 Å². The first-order valence-corrected chi connectivity index (χ1v) is 8.95. The smallest absolute Gasteiger partial charge is 0.133 e. The molecule has 0 aromatic heterocycles. The van der Waals surface area contributed by atoms with Crippen LogP contribution in [0, 0.1) is 0 Å². The van der Waals surface area contributed by atoms with Crippen LogP contribution in [0.4, 0.5) is 0 Å². The Labute approximate surface area is 140 Å². The number of benzene rings is 2. The molecule has 0 saturated heterocycles. The van der Waals surface area contributed by atoms with E-state index in [1.165, 1.54) is 16.3 Å². The van der Waals surface area contributed by atoms with Crippen molar-refractivity contribution in [3.8, 4) is 0 Å². The highest BCUT2D eigenvalue weighted by Crippen LogP contribution is 2.20. The van der Waals surface area contributed by atoms with E-state index in [4.69, 9.17) is 0 Å². The zero-order chi connectivity index (χ0) is 16.5. The predicted octanol–water partition coefficient (Wildman–Crippen LogP) is 4.85. The number of carbonyl (C=O) groups excluding carboxylic acids is 1. The maximum Gasteiger partial charge on any atom is 0.133 e. The number of unbranched alkanes of at least 4 members (excludes halogenated alkanes) is 1. The standard InChI is InChI=1S/C21H29NO/c1-3-22(4-2)17-8-7-13-20(23)16-15-19-12-9-11-18-10-5-6-14-21(18)19/h5-6,9-12,14H,3-4,7-8,13,15-17H2,1-2H3. The van der Waals surface area contributed by atoms with Crippen LogP contribution in [-0.2, 0) is 11.2 Å². The molecule has 0 saturated carbocycles. The van der Waals surface area contributed by atoms with E-state index in [1.54, 1.807) is 0 Å². The van der Waals surface area contributed by atoms with E-state index in [0.717, 1.165) is 45.3 Å². The molecule has 2 rings (SSSR count). The van der Waals surface area contributed by atoms with Gasteiger partial charge in [0.25, 0.3) is 0 Å². The molecule has 0 amide bonds. The van der Waals surface area contributed by atoms with Crippen LogP contribution in [0.1, 0.15) is 45.1 Å². The summed E-state index contributed by atoms with van der Waals surface area (Å²) in [5.41, 5.74) is 1.29. The highest BCUT2D eigenvalue weighted by atomic mass is 16.1. The van der Waals surface area contributed by atoms with E-state index in [2.05, 4.69) is 61.2 Å². The van der Waals surface area contributed by atoms with Gasteiger partial charge < -0.3 is 4.90 Å². The molecule has 0 aliphatic rings. The van der Waals surface area contributed by atoms with Gasteiger partial charge in [0.1, 0.15) is 5.78 Å². The van der Waals surface area contributed by atoms with Gasteiger partial charge in [-0.1, -0.05) is 56.3 Å². The van der Waals surface area contributed by atoms with Gasteiger partial charge in [0.05, 0.1) is 0 Å². The molecule has 0 atom stereocenters. The minimum Gasteiger partial charge on any atom is -0.304 e. The summed E-state index contributed by atoms with van der Waals surface area (Å²) >= 11 is 0. The largest absolute Gasteiger partial charge is 0.304 e. The summed E-state index contributed by atoms with van der Waals surface area (Å²) in [6.45, 7) is 7.71. The fourth-order valence-corrected chi connectivity index (χ4v) is 3.11. The molecule has 23 heavy (non-hydrogen) atoms. The van der Waals surface area contributed by atoms with Gasteiger partial charge in [-0.25, -0.2) is 0 Å². The first kappa shape index (κ1) is 17.7. The maximum atomic E-state index is 12.1. The molecule has 2 heteroatoms. The molecule has 0 fully saturated rings. The summed E-state index contributed by atoms with van der Waals surface area (Å²) in [4.78, 5) is 14.5. The lowest BCUT2D eigenvalue weighted by molar-refractivity contribution is -0.119. The third kappa shape index (κ3) is 5.47. The Morgan fingerprint density at radius 1 is 0.913 bits per heavy atom. The van der Waals surface area contributed by atoms with Gasteiger partial charge >= 0.3 is 0 Å². The van der Waals surface area contributed by atoms with Crippen LogP contribution in [0.3, 0.4) is 0 Å². The van der Waals surface area contributed by atoms with Crippen molar-refractivity contribution < 1.29 is 4.79 Å².